The van der Waals surface area contributed by atoms with Crippen LogP contribution in [0, 0.1) is 5.92 Å². The standard InChI is InChI=1S/C14H20FNO3S/c1-11-4-2-3-5-14(11)16-10-12-6-8-13(9-7-12)19-20(15,17)18/h6-9,11,14,16H,2-5,10H2,1H3/t11-,14+/m0/s1. The molecular formula is C14H20FNO3S. The van der Waals surface area contributed by atoms with Crippen LogP contribution in [-0.2, 0) is 17.0 Å². The SMILES string of the molecule is C[C@H]1CCCC[C@H]1NCc1ccc(OS(=O)(=O)F)cc1. The second-order valence-electron chi connectivity index (χ2n) is 5.37. The van der Waals surface area contributed by atoms with Crippen LogP contribution in [0.4, 0.5) is 3.89 Å². The van der Waals surface area contributed by atoms with Crippen LogP contribution in [0.2, 0.25) is 0 Å². The van der Waals surface area contributed by atoms with Crippen molar-refractivity contribution in [3.8, 4) is 5.75 Å². The molecule has 0 heterocycles. The molecule has 4 nitrogen and oxygen atoms in total. The third-order valence-corrected chi connectivity index (χ3v) is 4.19. The van der Waals surface area contributed by atoms with Gasteiger partial charge in [-0.2, -0.15) is 8.42 Å². The molecule has 2 rings (SSSR count). The van der Waals surface area contributed by atoms with Crippen LogP contribution < -0.4 is 9.50 Å². The van der Waals surface area contributed by atoms with E-state index in [1.807, 2.05) is 0 Å². The van der Waals surface area contributed by atoms with Crippen molar-refractivity contribution in [2.45, 2.75) is 45.2 Å². The number of hydrogen-bond donors (Lipinski definition) is 1. The average molecular weight is 301 g/mol. The molecule has 1 aliphatic rings. The molecule has 2 atom stereocenters. The third kappa shape index (κ3) is 4.76. The fourth-order valence-electron chi connectivity index (χ4n) is 2.65. The van der Waals surface area contributed by atoms with E-state index in [1.165, 1.54) is 37.8 Å². The first-order chi connectivity index (χ1) is 9.44. The number of hydrogen-bond acceptors (Lipinski definition) is 4. The van der Waals surface area contributed by atoms with Gasteiger partial charge in [-0.15, -0.1) is 0 Å². The monoisotopic (exact) mass is 301 g/mol. The van der Waals surface area contributed by atoms with Gasteiger partial charge in [0, 0.05) is 12.6 Å². The first-order valence-corrected chi connectivity index (χ1v) is 8.21. The highest BCUT2D eigenvalue weighted by Crippen LogP contribution is 2.24. The smallest absolute Gasteiger partial charge is 0.358 e. The minimum Gasteiger partial charge on any atom is -0.358 e. The summed E-state index contributed by atoms with van der Waals surface area (Å²) in [5.74, 6) is 0.672. The largest absolute Gasteiger partial charge is 0.488 e. The Morgan fingerprint density at radius 2 is 1.90 bits per heavy atom. The summed E-state index contributed by atoms with van der Waals surface area (Å²) in [4.78, 5) is 0. The van der Waals surface area contributed by atoms with Crippen molar-refractivity contribution in [1.82, 2.24) is 5.32 Å². The van der Waals surface area contributed by atoms with Crippen molar-refractivity contribution < 1.29 is 16.5 Å². The van der Waals surface area contributed by atoms with Crippen molar-refractivity contribution in [1.29, 1.82) is 0 Å². The summed E-state index contributed by atoms with van der Waals surface area (Å²) >= 11 is 0. The lowest BCUT2D eigenvalue weighted by molar-refractivity contribution is 0.279. The molecule has 1 aromatic carbocycles. The van der Waals surface area contributed by atoms with E-state index in [1.54, 1.807) is 12.1 Å². The quantitative estimate of drug-likeness (QED) is 0.850. The first kappa shape index (κ1) is 15.3. The van der Waals surface area contributed by atoms with E-state index < -0.39 is 10.5 Å². The van der Waals surface area contributed by atoms with Gasteiger partial charge in [-0.05, 0) is 36.5 Å². The molecule has 1 fully saturated rings. The van der Waals surface area contributed by atoms with Gasteiger partial charge in [0.1, 0.15) is 5.75 Å². The predicted octanol–water partition coefficient (Wildman–Crippen LogP) is 2.95. The van der Waals surface area contributed by atoms with Gasteiger partial charge in [0.25, 0.3) is 0 Å². The minimum absolute atomic E-state index is 0.0118. The van der Waals surface area contributed by atoms with Gasteiger partial charge >= 0.3 is 10.5 Å². The number of rotatable bonds is 5. The summed E-state index contributed by atoms with van der Waals surface area (Å²) < 4.78 is 37.2. The van der Waals surface area contributed by atoms with Crippen molar-refractivity contribution in [2.24, 2.45) is 5.92 Å². The molecule has 1 aromatic rings. The first-order valence-electron chi connectivity index (χ1n) is 6.90. The second-order valence-corrected chi connectivity index (χ2v) is 6.32. The Hall–Kier alpha value is -1.14. The Morgan fingerprint density at radius 1 is 1.25 bits per heavy atom. The van der Waals surface area contributed by atoms with E-state index in [0.717, 1.165) is 12.1 Å². The zero-order valence-corrected chi connectivity index (χ0v) is 12.3. The van der Waals surface area contributed by atoms with Crippen LogP contribution in [0.15, 0.2) is 24.3 Å². The van der Waals surface area contributed by atoms with E-state index in [9.17, 15) is 12.3 Å². The van der Waals surface area contributed by atoms with Gasteiger partial charge in [0.15, 0.2) is 0 Å². The zero-order chi connectivity index (χ0) is 14.6. The molecule has 0 radical (unpaired) electrons. The predicted molar refractivity (Wildman–Crippen MR) is 75.4 cm³/mol. The molecule has 0 saturated heterocycles. The van der Waals surface area contributed by atoms with E-state index in [4.69, 9.17) is 0 Å². The van der Waals surface area contributed by atoms with Crippen molar-refractivity contribution in [3.05, 3.63) is 29.8 Å². The number of benzene rings is 1. The van der Waals surface area contributed by atoms with Crippen LogP contribution in [0.25, 0.3) is 0 Å². The average Bonchev–Trinajstić information content (AvgIpc) is 2.38. The molecule has 0 bridgehead atoms. The topological polar surface area (TPSA) is 55.4 Å². The van der Waals surface area contributed by atoms with Crippen LogP contribution in [-0.4, -0.2) is 14.5 Å². The minimum atomic E-state index is -4.94. The molecule has 0 unspecified atom stereocenters. The summed E-state index contributed by atoms with van der Waals surface area (Å²) in [5.41, 5.74) is 1.02. The lowest BCUT2D eigenvalue weighted by Gasteiger charge is -2.29. The fourth-order valence-corrected chi connectivity index (χ4v) is 2.99. The van der Waals surface area contributed by atoms with E-state index >= 15 is 0 Å². The van der Waals surface area contributed by atoms with Gasteiger partial charge in [-0.25, -0.2) is 0 Å². The molecule has 0 spiro atoms. The van der Waals surface area contributed by atoms with E-state index in [2.05, 4.69) is 16.4 Å². The molecular weight excluding hydrogens is 281 g/mol. The van der Waals surface area contributed by atoms with Gasteiger partial charge in [0.2, 0.25) is 0 Å². The highest BCUT2D eigenvalue weighted by molar-refractivity contribution is 7.81. The molecule has 0 amide bonds. The van der Waals surface area contributed by atoms with Crippen LogP contribution in [0.5, 0.6) is 5.75 Å². The lowest BCUT2D eigenvalue weighted by Crippen LogP contribution is -2.36. The van der Waals surface area contributed by atoms with E-state index in [-0.39, 0.29) is 5.75 Å². The Balaban J connectivity index is 1.87. The van der Waals surface area contributed by atoms with Gasteiger partial charge in [0.05, 0.1) is 0 Å². The van der Waals surface area contributed by atoms with Crippen molar-refractivity contribution in [2.75, 3.05) is 0 Å². The molecule has 1 N–H and O–H groups in total. The summed E-state index contributed by atoms with van der Waals surface area (Å²) in [6, 6.07) is 6.92. The molecule has 0 aromatic heterocycles. The summed E-state index contributed by atoms with van der Waals surface area (Å²) in [7, 11) is -4.94. The second kappa shape index (κ2) is 6.54. The zero-order valence-electron chi connectivity index (χ0n) is 11.5. The molecule has 1 aliphatic carbocycles. The van der Waals surface area contributed by atoms with Gasteiger partial charge in [-0.1, -0.05) is 35.8 Å². The fraction of sp³-hybridized carbons (Fsp3) is 0.571. The maximum atomic E-state index is 12.3. The van der Waals surface area contributed by atoms with E-state index in [0.29, 0.717) is 12.0 Å². The van der Waals surface area contributed by atoms with Gasteiger partial charge in [-0.3, -0.25) is 0 Å². The molecule has 0 aliphatic heterocycles. The lowest BCUT2D eigenvalue weighted by atomic mass is 9.86. The third-order valence-electron chi connectivity index (χ3n) is 3.80. The molecule has 20 heavy (non-hydrogen) atoms. The highest BCUT2D eigenvalue weighted by Gasteiger charge is 2.20. The highest BCUT2D eigenvalue weighted by atomic mass is 32.3. The summed E-state index contributed by atoms with van der Waals surface area (Å²) in [6.07, 6.45) is 5.04. The van der Waals surface area contributed by atoms with Crippen LogP contribution in [0.1, 0.15) is 38.2 Å². The Labute approximate surface area is 119 Å². The summed E-state index contributed by atoms with van der Waals surface area (Å²) in [6.45, 7) is 2.98. The maximum absolute atomic E-state index is 12.3. The Bertz CT molecular complexity index is 530. The Kier molecular flexibility index (Phi) is 4.99. The van der Waals surface area contributed by atoms with Gasteiger partial charge < -0.3 is 9.50 Å². The maximum Gasteiger partial charge on any atom is 0.488 e. The summed E-state index contributed by atoms with van der Waals surface area (Å²) in [5, 5.41) is 3.52. The molecule has 112 valence electrons. The van der Waals surface area contributed by atoms with Crippen LogP contribution in [0.3, 0.4) is 0 Å². The van der Waals surface area contributed by atoms with Crippen LogP contribution >= 0.6 is 0 Å². The van der Waals surface area contributed by atoms with Crippen molar-refractivity contribution >= 4 is 10.5 Å². The molecule has 6 heteroatoms. The van der Waals surface area contributed by atoms with Crippen molar-refractivity contribution in [3.63, 3.8) is 0 Å². The number of nitrogens with one attached hydrogen (secondary N) is 1. The normalized spacial score (nSPS) is 23.5. The molecule has 1 saturated carbocycles. The number of halogens is 1. The Morgan fingerprint density at radius 3 is 2.50 bits per heavy atom.